The summed E-state index contributed by atoms with van der Waals surface area (Å²) in [5.74, 6) is 1.44. The lowest BCUT2D eigenvalue weighted by atomic mass is 9.91. The van der Waals surface area contributed by atoms with Crippen LogP contribution in [0.4, 0.5) is 5.82 Å². The first kappa shape index (κ1) is 24.1. The molecular weight excluding hydrogens is 420 g/mol. The van der Waals surface area contributed by atoms with E-state index in [1.165, 1.54) is 31.2 Å². The molecule has 0 amide bonds. The lowest BCUT2D eigenvalue weighted by Gasteiger charge is -2.22. The zero-order chi connectivity index (χ0) is 24.1. The predicted octanol–water partition coefficient (Wildman–Crippen LogP) is 3.63. The summed E-state index contributed by atoms with van der Waals surface area (Å²) in [6.45, 7) is 19.1. The zero-order valence-electron chi connectivity index (χ0n) is 20.7. The second-order valence-corrected chi connectivity index (χ2v) is 9.58. The van der Waals surface area contributed by atoms with E-state index in [1.54, 1.807) is 0 Å². The Labute approximate surface area is 203 Å². The number of allylic oxidation sites excluding steroid dienone is 1. The largest absolute Gasteiger partial charge is 0.351 e. The highest BCUT2D eigenvalue weighted by atomic mass is 15.1. The molecule has 0 bridgehead atoms. The van der Waals surface area contributed by atoms with Crippen molar-refractivity contribution in [1.82, 2.24) is 14.9 Å². The molecule has 2 aliphatic rings. The van der Waals surface area contributed by atoms with Gasteiger partial charge in [-0.1, -0.05) is 32.1 Å². The molecule has 6 heteroatoms. The van der Waals surface area contributed by atoms with Crippen molar-refractivity contribution in [3.8, 4) is 0 Å². The highest BCUT2D eigenvalue weighted by molar-refractivity contribution is 5.65. The summed E-state index contributed by atoms with van der Waals surface area (Å²) in [5, 5.41) is 8.79. The molecule has 0 spiro atoms. The van der Waals surface area contributed by atoms with Crippen molar-refractivity contribution in [2.45, 2.75) is 64.3 Å². The Balaban J connectivity index is 1.68. The number of hydrogen-bond acceptors (Lipinski definition) is 5. The van der Waals surface area contributed by atoms with Gasteiger partial charge in [-0.15, -0.1) is 0 Å². The molecule has 0 aromatic carbocycles. The van der Waals surface area contributed by atoms with Gasteiger partial charge in [-0.05, 0) is 88.0 Å². The summed E-state index contributed by atoms with van der Waals surface area (Å²) in [6, 6.07) is 4.66. The molecule has 1 saturated carbocycles. The first-order valence-electron chi connectivity index (χ1n) is 12.5. The van der Waals surface area contributed by atoms with E-state index < -0.39 is 0 Å². The summed E-state index contributed by atoms with van der Waals surface area (Å²) in [5.41, 5.74) is 5.44. The summed E-state index contributed by atoms with van der Waals surface area (Å²) in [6.07, 6.45) is 10.9. The summed E-state index contributed by atoms with van der Waals surface area (Å²) < 4.78 is 2.32. The maximum atomic E-state index is 5.01. The number of rotatable bonds is 7. The third-order valence-corrected chi connectivity index (χ3v) is 7.25. The SMILES string of the molecule is C=N/C=c1/c(C)c(C(=C)C)c(=C)n(C2CCCC2)/c1=N/CNc1ccc(C2CCNCC2)cn1. The lowest BCUT2D eigenvalue weighted by Crippen LogP contribution is -2.48. The minimum absolute atomic E-state index is 0.393. The molecule has 1 saturated heterocycles. The van der Waals surface area contributed by atoms with Crippen LogP contribution in [0, 0.1) is 6.92 Å². The number of piperidine rings is 1. The van der Waals surface area contributed by atoms with Crippen molar-refractivity contribution < 1.29 is 0 Å². The fourth-order valence-corrected chi connectivity index (χ4v) is 5.53. The van der Waals surface area contributed by atoms with Crippen LogP contribution in [0.15, 0.2) is 34.9 Å². The molecule has 0 atom stereocenters. The smallest absolute Gasteiger partial charge is 0.139 e. The van der Waals surface area contributed by atoms with Gasteiger partial charge < -0.3 is 15.2 Å². The standard InChI is InChI=1S/C28H38N6/c1-19(2)27-20(3)25(17-29-5)28(34(21(27)4)24-8-6-7-9-24)33-18-32-26-11-10-23(16-31-26)22-12-14-30-15-13-22/h10-11,16-17,22,24,30H,1,4-9,12-15,18H2,2-3H3,(H,31,32)/b25-17-,33-28+. The first-order valence-corrected chi connectivity index (χ1v) is 12.5. The van der Waals surface area contributed by atoms with Gasteiger partial charge in [-0.2, -0.15) is 0 Å². The Morgan fingerprint density at radius 2 is 1.97 bits per heavy atom. The van der Waals surface area contributed by atoms with E-state index >= 15 is 0 Å². The van der Waals surface area contributed by atoms with Crippen molar-refractivity contribution in [3.63, 3.8) is 0 Å². The molecule has 2 aromatic heterocycles. The normalized spacial score (nSPS) is 18.4. The molecule has 180 valence electrons. The van der Waals surface area contributed by atoms with Crippen LogP contribution in [0.5, 0.6) is 0 Å². The van der Waals surface area contributed by atoms with Gasteiger partial charge in [-0.3, -0.25) is 4.99 Å². The van der Waals surface area contributed by atoms with E-state index in [0.717, 1.165) is 64.5 Å². The van der Waals surface area contributed by atoms with Crippen molar-refractivity contribution in [2.75, 3.05) is 25.1 Å². The molecule has 34 heavy (non-hydrogen) atoms. The Hall–Kier alpha value is -2.99. The van der Waals surface area contributed by atoms with E-state index in [9.17, 15) is 0 Å². The fourth-order valence-electron chi connectivity index (χ4n) is 5.53. The van der Waals surface area contributed by atoms with Gasteiger partial charge in [0.1, 0.15) is 18.0 Å². The average Bonchev–Trinajstić information content (AvgIpc) is 3.37. The third kappa shape index (κ3) is 5.07. The average molecular weight is 459 g/mol. The molecule has 1 aliphatic heterocycles. The molecule has 0 unspecified atom stereocenters. The summed E-state index contributed by atoms with van der Waals surface area (Å²) in [7, 11) is 0. The van der Waals surface area contributed by atoms with Crippen molar-refractivity contribution in [1.29, 1.82) is 0 Å². The Morgan fingerprint density at radius 1 is 1.24 bits per heavy atom. The maximum Gasteiger partial charge on any atom is 0.139 e. The second kappa shape index (κ2) is 11.0. The van der Waals surface area contributed by atoms with Gasteiger partial charge in [0.05, 0.1) is 0 Å². The van der Waals surface area contributed by atoms with Gasteiger partial charge in [0.15, 0.2) is 0 Å². The molecule has 2 fully saturated rings. The lowest BCUT2D eigenvalue weighted by molar-refractivity contribution is 0.459. The first-order chi connectivity index (χ1) is 16.5. The molecule has 3 heterocycles. The Bertz CT molecular complexity index is 1210. The molecule has 1 aliphatic carbocycles. The molecule has 6 nitrogen and oxygen atoms in total. The fraction of sp³-hybridized carbons (Fsp3) is 0.464. The Morgan fingerprint density at radius 3 is 2.59 bits per heavy atom. The number of aromatic nitrogens is 2. The highest BCUT2D eigenvalue weighted by Crippen LogP contribution is 2.27. The van der Waals surface area contributed by atoms with Crippen LogP contribution in [-0.2, 0) is 0 Å². The van der Waals surface area contributed by atoms with E-state index in [0.29, 0.717) is 18.6 Å². The molecule has 2 aromatic rings. The Kier molecular flexibility index (Phi) is 7.78. The van der Waals surface area contributed by atoms with E-state index in [2.05, 4.69) is 64.1 Å². The van der Waals surface area contributed by atoms with Crippen LogP contribution in [0.1, 0.15) is 74.1 Å². The number of nitrogens with one attached hydrogen (secondary N) is 2. The second-order valence-electron chi connectivity index (χ2n) is 9.58. The van der Waals surface area contributed by atoms with Crippen molar-refractivity contribution in [3.05, 3.63) is 57.7 Å². The van der Waals surface area contributed by atoms with Crippen LogP contribution < -0.4 is 26.7 Å². The predicted molar refractivity (Wildman–Crippen MR) is 143 cm³/mol. The van der Waals surface area contributed by atoms with E-state index in [1.807, 2.05) is 19.3 Å². The van der Waals surface area contributed by atoms with Crippen molar-refractivity contribution in [2.24, 2.45) is 9.98 Å². The number of pyridine rings is 2. The van der Waals surface area contributed by atoms with Crippen LogP contribution in [0.25, 0.3) is 18.4 Å². The monoisotopic (exact) mass is 458 g/mol. The highest BCUT2D eigenvalue weighted by Gasteiger charge is 2.21. The van der Waals surface area contributed by atoms with Gasteiger partial charge >= 0.3 is 0 Å². The van der Waals surface area contributed by atoms with Crippen molar-refractivity contribution >= 4 is 30.9 Å². The van der Waals surface area contributed by atoms with Gasteiger partial charge in [0.2, 0.25) is 0 Å². The number of nitrogens with zero attached hydrogens (tertiary/aromatic N) is 4. The van der Waals surface area contributed by atoms with Crippen LogP contribution in [-0.4, -0.2) is 36.0 Å². The number of hydrogen-bond donors (Lipinski definition) is 2. The van der Waals surface area contributed by atoms with Gasteiger partial charge in [0.25, 0.3) is 0 Å². The van der Waals surface area contributed by atoms with Crippen LogP contribution in [0.3, 0.4) is 0 Å². The topological polar surface area (TPSA) is 66.6 Å². The van der Waals surface area contributed by atoms with E-state index in [-0.39, 0.29) is 0 Å². The molecule has 4 rings (SSSR count). The van der Waals surface area contributed by atoms with Crippen LogP contribution >= 0.6 is 0 Å². The summed E-state index contributed by atoms with van der Waals surface area (Å²) >= 11 is 0. The maximum absolute atomic E-state index is 5.01. The van der Waals surface area contributed by atoms with E-state index in [4.69, 9.17) is 4.99 Å². The molecule has 2 N–H and O–H groups in total. The van der Waals surface area contributed by atoms with Gasteiger partial charge in [0, 0.05) is 34.6 Å². The third-order valence-electron chi connectivity index (χ3n) is 7.25. The summed E-state index contributed by atoms with van der Waals surface area (Å²) in [4.78, 5) is 13.8. The quantitative estimate of drug-likeness (QED) is 0.623. The van der Waals surface area contributed by atoms with Gasteiger partial charge in [-0.25, -0.2) is 9.98 Å². The molecule has 0 radical (unpaired) electrons. The number of anilines is 1. The minimum Gasteiger partial charge on any atom is -0.351 e. The molecular formula is C28H38N6. The zero-order valence-corrected chi connectivity index (χ0v) is 20.7. The minimum atomic E-state index is 0.393. The number of aliphatic imine (C=N–C) groups is 1. The van der Waals surface area contributed by atoms with Crippen LogP contribution in [0.2, 0.25) is 0 Å².